The fourth-order valence-electron chi connectivity index (χ4n) is 3.08. The molecular formula is C19H25N5O. The van der Waals surface area contributed by atoms with Crippen molar-refractivity contribution in [3.8, 4) is 0 Å². The third-order valence-corrected chi connectivity index (χ3v) is 4.63. The van der Waals surface area contributed by atoms with Crippen molar-refractivity contribution in [2.75, 3.05) is 49.1 Å². The minimum atomic E-state index is -0.122. The maximum Gasteiger partial charge on any atom is 0.278 e. The second-order valence-electron chi connectivity index (χ2n) is 6.07. The van der Waals surface area contributed by atoms with Crippen LogP contribution in [0, 0.1) is 0 Å². The van der Waals surface area contributed by atoms with Crippen LogP contribution in [0.2, 0.25) is 0 Å². The van der Waals surface area contributed by atoms with Gasteiger partial charge in [0.1, 0.15) is 11.5 Å². The molecule has 0 radical (unpaired) electrons. The second kappa shape index (κ2) is 8.07. The molecular weight excluding hydrogens is 314 g/mol. The van der Waals surface area contributed by atoms with E-state index < -0.39 is 0 Å². The molecule has 2 heterocycles. The van der Waals surface area contributed by atoms with Gasteiger partial charge >= 0.3 is 0 Å². The number of hydrogen-bond donors (Lipinski definition) is 0. The zero-order valence-electron chi connectivity index (χ0n) is 14.9. The number of likely N-dealkylation sites (N-methyl/N-ethyl adjacent to an activating group) is 1. The van der Waals surface area contributed by atoms with Crippen molar-refractivity contribution in [3.05, 3.63) is 48.4 Å². The largest absolute Gasteiger partial charge is 0.353 e. The Hall–Kier alpha value is -2.47. The molecule has 0 bridgehead atoms. The van der Waals surface area contributed by atoms with E-state index in [4.69, 9.17) is 0 Å². The number of anilines is 2. The van der Waals surface area contributed by atoms with Crippen molar-refractivity contribution in [1.82, 2.24) is 14.9 Å². The SMILES string of the molecule is CCN1CCN(c2cnc(C(=O)N(CC)c3ccccc3)cn2)CC1. The van der Waals surface area contributed by atoms with E-state index in [1.807, 2.05) is 37.3 Å². The number of benzene rings is 1. The summed E-state index contributed by atoms with van der Waals surface area (Å²) in [5.74, 6) is 0.721. The monoisotopic (exact) mass is 339 g/mol. The van der Waals surface area contributed by atoms with Crippen LogP contribution in [0.3, 0.4) is 0 Å². The zero-order chi connectivity index (χ0) is 17.6. The van der Waals surface area contributed by atoms with Gasteiger partial charge in [-0.05, 0) is 25.6 Å². The van der Waals surface area contributed by atoms with Crippen LogP contribution in [-0.4, -0.2) is 60.0 Å². The number of rotatable bonds is 5. The summed E-state index contributed by atoms with van der Waals surface area (Å²) >= 11 is 0. The summed E-state index contributed by atoms with van der Waals surface area (Å²) in [7, 11) is 0. The molecule has 0 atom stereocenters. The van der Waals surface area contributed by atoms with Crippen LogP contribution in [0.1, 0.15) is 24.3 Å². The molecule has 2 aromatic rings. The van der Waals surface area contributed by atoms with Gasteiger partial charge in [-0.1, -0.05) is 25.1 Å². The van der Waals surface area contributed by atoms with E-state index in [1.165, 1.54) is 0 Å². The second-order valence-corrected chi connectivity index (χ2v) is 6.07. The summed E-state index contributed by atoms with van der Waals surface area (Å²) in [6, 6.07) is 9.65. The Balaban J connectivity index is 1.70. The highest BCUT2D eigenvalue weighted by Gasteiger charge is 2.20. The van der Waals surface area contributed by atoms with Gasteiger partial charge in [0, 0.05) is 38.4 Å². The molecule has 1 amide bonds. The number of carbonyl (C=O) groups is 1. The predicted molar refractivity (Wildman–Crippen MR) is 100 cm³/mol. The summed E-state index contributed by atoms with van der Waals surface area (Å²) in [6.07, 6.45) is 3.31. The molecule has 0 aliphatic carbocycles. The van der Waals surface area contributed by atoms with E-state index in [1.54, 1.807) is 17.3 Å². The third kappa shape index (κ3) is 3.96. The molecule has 1 aromatic carbocycles. The zero-order valence-corrected chi connectivity index (χ0v) is 14.9. The molecule has 1 aliphatic rings. The van der Waals surface area contributed by atoms with Gasteiger partial charge in [-0.15, -0.1) is 0 Å². The van der Waals surface area contributed by atoms with Crippen LogP contribution in [0.25, 0.3) is 0 Å². The molecule has 1 saturated heterocycles. The Bertz CT molecular complexity index is 681. The van der Waals surface area contributed by atoms with Crippen LogP contribution in [0.4, 0.5) is 11.5 Å². The van der Waals surface area contributed by atoms with Crippen molar-refractivity contribution < 1.29 is 4.79 Å². The lowest BCUT2D eigenvalue weighted by Gasteiger charge is -2.34. The van der Waals surface area contributed by atoms with Crippen molar-refractivity contribution in [2.24, 2.45) is 0 Å². The summed E-state index contributed by atoms with van der Waals surface area (Å²) < 4.78 is 0. The summed E-state index contributed by atoms with van der Waals surface area (Å²) in [4.78, 5) is 28.0. The van der Waals surface area contributed by atoms with Crippen LogP contribution in [0.5, 0.6) is 0 Å². The normalized spacial score (nSPS) is 15.2. The Morgan fingerprint density at radius 3 is 2.32 bits per heavy atom. The lowest BCUT2D eigenvalue weighted by atomic mass is 10.2. The highest BCUT2D eigenvalue weighted by molar-refractivity contribution is 6.04. The topological polar surface area (TPSA) is 52.6 Å². The molecule has 0 unspecified atom stereocenters. The van der Waals surface area contributed by atoms with E-state index in [2.05, 4.69) is 26.7 Å². The molecule has 3 rings (SSSR count). The molecule has 0 spiro atoms. The van der Waals surface area contributed by atoms with Crippen molar-refractivity contribution in [2.45, 2.75) is 13.8 Å². The Kier molecular flexibility index (Phi) is 5.60. The van der Waals surface area contributed by atoms with E-state index >= 15 is 0 Å². The first-order chi connectivity index (χ1) is 12.2. The van der Waals surface area contributed by atoms with E-state index in [0.717, 1.165) is 44.2 Å². The number of nitrogens with zero attached hydrogens (tertiary/aromatic N) is 5. The lowest BCUT2D eigenvalue weighted by molar-refractivity contribution is 0.0983. The maximum absolute atomic E-state index is 12.7. The molecule has 1 fully saturated rings. The molecule has 0 N–H and O–H groups in total. The Labute approximate surface area is 149 Å². The summed E-state index contributed by atoms with van der Waals surface area (Å²) in [5, 5.41) is 0. The smallest absolute Gasteiger partial charge is 0.278 e. The molecule has 25 heavy (non-hydrogen) atoms. The average Bonchev–Trinajstić information content (AvgIpc) is 2.69. The minimum absolute atomic E-state index is 0.122. The van der Waals surface area contributed by atoms with E-state index in [0.29, 0.717) is 12.2 Å². The van der Waals surface area contributed by atoms with Crippen molar-refractivity contribution in [1.29, 1.82) is 0 Å². The number of piperazine rings is 1. The number of carbonyl (C=O) groups excluding carboxylic acids is 1. The predicted octanol–water partition coefficient (Wildman–Crippen LogP) is 2.29. The first-order valence-electron chi connectivity index (χ1n) is 8.89. The highest BCUT2D eigenvalue weighted by Crippen LogP contribution is 2.17. The van der Waals surface area contributed by atoms with Gasteiger partial charge < -0.3 is 14.7 Å². The van der Waals surface area contributed by atoms with Gasteiger partial charge in [0.2, 0.25) is 0 Å². The van der Waals surface area contributed by atoms with Crippen LogP contribution in [0.15, 0.2) is 42.7 Å². The minimum Gasteiger partial charge on any atom is -0.353 e. The molecule has 132 valence electrons. The average molecular weight is 339 g/mol. The summed E-state index contributed by atoms with van der Waals surface area (Å²) in [6.45, 7) is 9.78. The Morgan fingerprint density at radius 2 is 1.76 bits per heavy atom. The molecule has 6 nitrogen and oxygen atoms in total. The van der Waals surface area contributed by atoms with Crippen LogP contribution >= 0.6 is 0 Å². The van der Waals surface area contributed by atoms with Gasteiger partial charge in [-0.25, -0.2) is 9.97 Å². The molecule has 1 aliphatic heterocycles. The van der Waals surface area contributed by atoms with Gasteiger partial charge in [-0.3, -0.25) is 4.79 Å². The van der Waals surface area contributed by atoms with Crippen molar-refractivity contribution in [3.63, 3.8) is 0 Å². The van der Waals surface area contributed by atoms with Gasteiger partial charge in [0.05, 0.1) is 12.4 Å². The van der Waals surface area contributed by atoms with Gasteiger partial charge in [0.25, 0.3) is 5.91 Å². The number of amides is 1. The quantitative estimate of drug-likeness (QED) is 0.836. The fraction of sp³-hybridized carbons (Fsp3) is 0.421. The number of para-hydroxylation sites is 1. The lowest BCUT2D eigenvalue weighted by Crippen LogP contribution is -2.46. The molecule has 1 aromatic heterocycles. The number of aromatic nitrogens is 2. The van der Waals surface area contributed by atoms with Crippen molar-refractivity contribution >= 4 is 17.4 Å². The van der Waals surface area contributed by atoms with Crippen LogP contribution in [-0.2, 0) is 0 Å². The van der Waals surface area contributed by atoms with E-state index in [-0.39, 0.29) is 5.91 Å². The number of hydrogen-bond acceptors (Lipinski definition) is 5. The molecule has 6 heteroatoms. The van der Waals surface area contributed by atoms with Crippen LogP contribution < -0.4 is 9.80 Å². The summed E-state index contributed by atoms with van der Waals surface area (Å²) in [5.41, 5.74) is 1.25. The first-order valence-corrected chi connectivity index (χ1v) is 8.89. The van der Waals surface area contributed by atoms with E-state index in [9.17, 15) is 4.79 Å². The van der Waals surface area contributed by atoms with Gasteiger partial charge in [-0.2, -0.15) is 0 Å². The molecule has 0 saturated carbocycles. The van der Waals surface area contributed by atoms with Gasteiger partial charge in [0.15, 0.2) is 0 Å². The standard InChI is InChI=1S/C19H25N5O/c1-3-22-10-12-23(13-11-22)18-15-20-17(14-21-18)19(25)24(4-2)16-8-6-5-7-9-16/h5-9,14-15H,3-4,10-13H2,1-2H3. The maximum atomic E-state index is 12.7. The fourth-order valence-corrected chi connectivity index (χ4v) is 3.08. The first kappa shape index (κ1) is 17.4. The third-order valence-electron chi connectivity index (χ3n) is 4.63. The Morgan fingerprint density at radius 1 is 1.04 bits per heavy atom. The highest BCUT2D eigenvalue weighted by atomic mass is 16.2.